The molecular formula is C21H17F3N3O3-. The third kappa shape index (κ3) is 5.47. The van der Waals surface area contributed by atoms with Crippen LogP contribution in [0, 0.1) is 0 Å². The normalized spacial score (nSPS) is 12.4. The van der Waals surface area contributed by atoms with Crippen molar-refractivity contribution in [1.29, 1.82) is 0 Å². The Balaban J connectivity index is 1.66. The van der Waals surface area contributed by atoms with Crippen molar-refractivity contribution in [3.05, 3.63) is 78.1 Å². The van der Waals surface area contributed by atoms with Gasteiger partial charge in [0.05, 0.1) is 5.69 Å². The van der Waals surface area contributed by atoms with Gasteiger partial charge in [0.25, 0.3) is 0 Å². The summed E-state index contributed by atoms with van der Waals surface area (Å²) in [7, 11) is 0. The molecule has 0 unspecified atom stereocenters. The minimum atomic E-state index is -4.53. The molecule has 0 bridgehead atoms. The molecule has 1 heterocycles. The predicted molar refractivity (Wildman–Crippen MR) is 101 cm³/mol. The van der Waals surface area contributed by atoms with E-state index >= 15 is 0 Å². The Labute approximate surface area is 170 Å². The Kier molecular flexibility index (Phi) is 6.20. The van der Waals surface area contributed by atoms with Gasteiger partial charge in [-0.3, -0.25) is 4.79 Å². The maximum atomic E-state index is 12.7. The summed E-state index contributed by atoms with van der Waals surface area (Å²) in [6.45, 7) is 0. The lowest BCUT2D eigenvalue weighted by atomic mass is 9.92. The fourth-order valence-corrected chi connectivity index (χ4v) is 2.99. The van der Waals surface area contributed by atoms with Gasteiger partial charge in [-0.15, -0.1) is 0 Å². The number of alkyl halides is 3. The van der Waals surface area contributed by atoms with Gasteiger partial charge >= 0.3 is 6.18 Å². The summed E-state index contributed by atoms with van der Waals surface area (Å²) in [5.74, 6) is -2.19. The second-order valence-electron chi connectivity index (χ2n) is 6.63. The van der Waals surface area contributed by atoms with Crippen molar-refractivity contribution in [1.82, 2.24) is 9.78 Å². The first kappa shape index (κ1) is 21.1. The zero-order valence-corrected chi connectivity index (χ0v) is 15.6. The predicted octanol–water partition coefficient (Wildman–Crippen LogP) is 3.14. The van der Waals surface area contributed by atoms with Gasteiger partial charge in [0.15, 0.2) is 5.69 Å². The first-order valence-corrected chi connectivity index (χ1v) is 9.00. The van der Waals surface area contributed by atoms with E-state index in [0.29, 0.717) is 16.9 Å². The lowest BCUT2D eigenvalue weighted by molar-refractivity contribution is -0.306. The third-order valence-electron chi connectivity index (χ3n) is 4.41. The van der Waals surface area contributed by atoms with Crippen LogP contribution >= 0.6 is 0 Å². The number of halogens is 3. The molecule has 0 radical (unpaired) electrons. The van der Waals surface area contributed by atoms with Gasteiger partial charge in [0.2, 0.25) is 5.91 Å². The quantitative estimate of drug-likeness (QED) is 0.641. The number of nitrogens with one attached hydrogen (secondary N) is 1. The molecule has 3 rings (SSSR count). The molecule has 1 amide bonds. The van der Waals surface area contributed by atoms with Crippen molar-refractivity contribution >= 4 is 17.6 Å². The number of amides is 1. The molecule has 1 aromatic heterocycles. The summed E-state index contributed by atoms with van der Waals surface area (Å²) in [4.78, 5) is 23.4. The molecule has 3 aromatic rings. The average molecular weight is 416 g/mol. The molecule has 0 spiro atoms. The second-order valence-corrected chi connectivity index (χ2v) is 6.63. The largest absolute Gasteiger partial charge is 0.550 e. The fourth-order valence-electron chi connectivity index (χ4n) is 2.99. The Hall–Kier alpha value is -3.62. The number of carboxylic acids is 1. The summed E-state index contributed by atoms with van der Waals surface area (Å²) in [5, 5.41) is 17.2. The van der Waals surface area contributed by atoms with Crippen LogP contribution in [0.15, 0.2) is 66.9 Å². The Morgan fingerprint density at radius 1 is 1.00 bits per heavy atom. The molecule has 0 fully saturated rings. The maximum absolute atomic E-state index is 12.7. The summed E-state index contributed by atoms with van der Waals surface area (Å²) >= 11 is 0. The van der Waals surface area contributed by atoms with E-state index in [1.54, 1.807) is 30.3 Å². The molecule has 0 aliphatic rings. The highest BCUT2D eigenvalue weighted by molar-refractivity contribution is 5.91. The van der Waals surface area contributed by atoms with E-state index in [4.69, 9.17) is 0 Å². The number of carbonyl (C=O) groups excluding carboxylic acids is 2. The van der Waals surface area contributed by atoms with E-state index < -0.39 is 29.7 Å². The molecule has 0 aliphatic carbocycles. The molecule has 1 atom stereocenters. The monoisotopic (exact) mass is 416 g/mol. The number of nitrogens with zero attached hydrogens (tertiary/aromatic N) is 2. The van der Waals surface area contributed by atoms with Crippen LogP contribution in [-0.4, -0.2) is 21.7 Å². The van der Waals surface area contributed by atoms with Gasteiger partial charge in [0, 0.05) is 24.3 Å². The minimum Gasteiger partial charge on any atom is -0.550 e. The number of benzene rings is 2. The van der Waals surface area contributed by atoms with Crippen LogP contribution < -0.4 is 10.4 Å². The van der Waals surface area contributed by atoms with E-state index in [9.17, 15) is 27.9 Å². The summed E-state index contributed by atoms with van der Waals surface area (Å²) < 4.78 is 39.1. The number of aliphatic carboxylic acids is 1. The summed E-state index contributed by atoms with van der Waals surface area (Å²) in [6, 6.07) is 15.7. The van der Waals surface area contributed by atoms with Gasteiger partial charge in [-0.2, -0.15) is 18.3 Å². The molecule has 1 N–H and O–H groups in total. The van der Waals surface area contributed by atoms with Crippen molar-refractivity contribution < 1.29 is 27.9 Å². The lowest BCUT2D eigenvalue weighted by Crippen LogP contribution is -2.26. The zero-order chi connectivity index (χ0) is 21.7. The molecule has 6 nitrogen and oxygen atoms in total. The van der Waals surface area contributed by atoms with Crippen molar-refractivity contribution in [2.75, 3.05) is 5.32 Å². The first-order valence-electron chi connectivity index (χ1n) is 9.00. The highest BCUT2D eigenvalue weighted by atomic mass is 19.4. The van der Waals surface area contributed by atoms with Gasteiger partial charge in [-0.1, -0.05) is 30.3 Å². The van der Waals surface area contributed by atoms with E-state index in [1.807, 2.05) is 0 Å². The summed E-state index contributed by atoms with van der Waals surface area (Å²) in [6.07, 6.45) is -3.69. The van der Waals surface area contributed by atoms with Gasteiger partial charge in [-0.25, -0.2) is 4.68 Å². The highest BCUT2D eigenvalue weighted by Crippen LogP contribution is 2.28. The molecule has 0 aliphatic heterocycles. The number of hydrogen-bond donors (Lipinski definition) is 1. The number of rotatable bonds is 7. The summed E-state index contributed by atoms with van der Waals surface area (Å²) in [5.41, 5.74) is 0.529. The maximum Gasteiger partial charge on any atom is 0.435 e. The van der Waals surface area contributed by atoms with Crippen LogP contribution in [0.5, 0.6) is 0 Å². The average Bonchev–Trinajstić information content (AvgIpc) is 3.19. The zero-order valence-electron chi connectivity index (χ0n) is 15.6. The minimum absolute atomic E-state index is 0.0617. The molecule has 30 heavy (non-hydrogen) atoms. The van der Waals surface area contributed by atoms with Crippen molar-refractivity contribution in [3.8, 4) is 5.69 Å². The number of anilines is 1. The van der Waals surface area contributed by atoms with E-state index in [1.165, 1.54) is 30.5 Å². The molecule has 9 heteroatoms. The SMILES string of the molecule is O=C([O-])C[C@H](CC(=O)Nc1ccc(-n2ccc(C(F)(F)F)n2)cc1)c1ccccc1. The number of aromatic nitrogens is 2. The topological polar surface area (TPSA) is 87.0 Å². The van der Waals surface area contributed by atoms with Crippen LogP contribution in [0.4, 0.5) is 18.9 Å². The second kappa shape index (κ2) is 8.81. The van der Waals surface area contributed by atoms with Crippen LogP contribution in [0.25, 0.3) is 5.69 Å². The highest BCUT2D eigenvalue weighted by Gasteiger charge is 2.33. The van der Waals surface area contributed by atoms with Gasteiger partial charge < -0.3 is 15.2 Å². The lowest BCUT2D eigenvalue weighted by Gasteiger charge is -2.18. The van der Waals surface area contributed by atoms with Crippen LogP contribution in [0.1, 0.15) is 30.0 Å². The number of hydrogen-bond acceptors (Lipinski definition) is 4. The van der Waals surface area contributed by atoms with Gasteiger partial charge in [0.1, 0.15) is 0 Å². The standard InChI is InChI=1S/C21H18F3N3O3/c22-21(23,24)18-10-11-27(26-18)17-8-6-16(7-9-17)25-19(28)12-15(13-20(29)30)14-4-2-1-3-5-14/h1-11,15H,12-13H2,(H,25,28)(H,29,30)/p-1/t15-/m0/s1. The van der Waals surface area contributed by atoms with Crippen LogP contribution in [0.3, 0.4) is 0 Å². The Morgan fingerprint density at radius 3 is 2.23 bits per heavy atom. The van der Waals surface area contributed by atoms with E-state index in [0.717, 1.165) is 10.7 Å². The van der Waals surface area contributed by atoms with Crippen molar-refractivity contribution in [2.45, 2.75) is 24.9 Å². The molecule has 2 aromatic carbocycles. The van der Waals surface area contributed by atoms with Crippen LogP contribution in [-0.2, 0) is 15.8 Å². The molecule has 0 saturated carbocycles. The van der Waals surface area contributed by atoms with Gasteiger partial charge in [-0.05, 0) is 48.2 Å². The molecular weight excluding hydrogens is 399 g/mol. The Morgan fingerprint density at radius 2 is 1.67 bits per heavy atom. The van der Waals surface area contributed by atoms with E-state index in [-0.39, 0.29) is 12.8 Å². The van der Waals surface area contributed by atoms with Crippen molar-refractivity contribution in [3.63, 3.8) is 0 Å². The van der Waals surface area contributed by atoms with E-state index in [2.05, 4.69) is 10.4 Å². The number of carboxylic acid groups (broad SMARTS) is 1. The number of carbonyl (C=O) groups is 2. The fraction of sp³-hybridized carbons (Fsp3) is 0.190. The first-order chi connectivity index (χ1) is 14.2. The smallest absolute Gasteiger partial charge is 0.435 e. The molecule has 156 valence electrons. The van der Waals surface area contributed by atoms with Crippen molar-refractivity contribution in [2.24, 2.45) is 0 Å². The third-order valence-corrected chi connectivity index (χ3v) is 4.41. The molecule has 0 saturated heterocycles. The van der Waals surface area contributed by atoms with Crippen LogP contribution in [0.2, 0.25) is 0 Å². The Bertz CT molecular complexity index is 1020.